The lowest BCUT2D eigenvalue weighted by Gasteiger charge is -2.35. The van der Waals surface area contributed by atoms with Gasteiger partial charge in [-0.25, -0.2) is 0 Å². The Kier molecular flexibility index (Phi) is 12.6. The molecule has 12 heteroatoms. The molecular weight excluding hydrogens is 809 g/mol. The van der Waals surface area contributed by atoms with Crippen molar-refractivity contribution < 1.29 is 9.59 Å². The van der Waals surface area contributed by atoms with E-state index in [1.807, 2.05) is 32.0 Å². The highest BCUT2D eigenvalue weighted by Gasteiger charge is 2.32. The number of benzene rings is 2. The van der Waals surface area contributed by atoms with Crippen LogP contribution >= 0.6 is 0 Å². The van der Waals surface area contributed by atoms with E-state index in [0.717, 1.165) is 114 Å². The Morgan fingerprint density at radius 3 is 1.55 bits per heavy atom. The first-order valence-corrected chi connectivity index (χ1v) is 24.6. The fraction of sp³-hybridized carbons (Fsp3) is 0.547. The van der Waals surface area contributed by atoms with Crippen molar-refractivity contribution in [2.24, 2.45) is 10.8 Å². The Morgan fingerprint density at radius 2 is 1.09 bits per heavy atom. The summed E-state index contributed by atoms with van der Waals surface area (Å²) in [6.45, 7) is 17.6. The minimum Gasteiger partial charge on any atom is -0.353 e. The minimum absolute atomic E-state index is 0.0370. The van der Waals surface area contributed by atoms with Gasteiger partial charge in [0.1, 0.15) is 11.4 Å². The summed E-state index contributed by atoms with van der Waals surface area (Å²) >= 11 is 0. The Hall–Kier alpha value is -5.20. The Labute approximate surface area is 385 Å². The van der Waals surface area contributed by atoms with Crippen molar-refractivity contribution in [2.45, 2.75) is 137 Å². The normalized spacial score (nSPS) is 19.5. The van der Waals surface area contributed by atoms with E-state index in [0.29, 0.717) is 10.8 Å². The third kappa shape index (κ3) is 9.30. The average molecular weight is 881 g/mol. The maximum atomic E-state index is 13.4. The van der Waals surface area contributed by atoms with Crippen LogP contribution in [0, 0.1) is 10.8 Å². The van der Waals surface area contributed by atoms with E-state index in [1.165, 1.54) is 73.9 Å². The van der Waals surface area contributed by atoms with Crippen molar-refractivity contribution in [1.82, 2.24) is 40.2 Å². The lowest BCUT2D eigenvalue weighted by Crippen LogP contribution is -2.49. The van der Waals surface area contributed by atoms with E-state index in [-0.39, 0.29) is 23.9 Å². The molecule has 2 fully saturated rings. The summed E-state index contributed by atoms with van der Waals surface area (Å²) in [5.41, 5.74) is 14.0. The monoisotopic (exact) mass is 881 g/mol. The number of rotatable bonds is 9. The van der Waals surface area contributed by atoms with Gasteiger partial charge in [0.2, 0.25) is 11.8 Å². The van der Waals surface area contributed by atoms with Gasteiger partial charge >= 0.3 is 0 Å². The van der Waals surface area contributed by atoms with E-state index >= 15 is 0 Å². The number of nitrogens with zero attached hydrogens (tertiary/aromatic N) is 6. The van der Waals surface area contributed by atoms with E-state index < -0.39 is 0 Å². The summed E-state index contributed by atoms with van der Waals surface area (Å²) in [5, 5.41) is 18.2. The molecule has 65 heavy (non-hydrogen) atoms. The van der Waals surface area contributed by atoms with Crippen LogP contribution in [0.25, 0.3) is 44.6 Å². The zero-order valence-electron chi connectivity index (χ0n) is 40.3. The summed E-state index contributed by atoms with van der Waals surface area (Å²) in [5.74, 6) is 0.344. The summed E-state index contributed by atoms with van der Waals surface area (Å²) in [4.78, 5) is 42.0. The van der Waals surface area contributed by atoms with Gasteiger partial charge < -0.3 is 19.8 Å². The third-order valence-electron chi connectivity index (χ3n) is 15.3. The second-order valence-corrected chi connectivity index (χ2v) is 21.2. The van der Waals surface area contributed by atoms with Crippen LogP contribution in [0.5, 0.6) is 0 Å². The van der Waals surface area contributed by atoms with Gasteiger partial charge in [-0.1, -0.05) is 59.6 Å². The molecule has 2 saturated heterocycles. The predicted octanol–water partition coefficient (Wildman–Crippen LogP) is 10.2. The number of anilines is 2. The molecule has 0 saturated carbocycles. The quantitative estimate of drug-likeness (QED) is 0.114. The summed E-state index contributed by atoms with van der Waals surface area (Å²) in [7, 11) is 3.80. The number of H-pyrrole nitrogens is 4. The highest BCUT2D eigenvalue weighted by Crippen LogP contribution is 2.40. The maximum Gasteiger partial charge on any atom is 0.244 e. The van der Waals surface area contributed by atoms with Gasteiger partial charge in [-0.3, -0.25) is 29.6 Å². The Balaban J connectivity index is 0.000000164. The van der Waals surface area contributed by atoms with Crippen LogP contribution in [0.2, 0.25) is 0 Å². The van der Waals surface area contributed by atoms with Crippen LogP contribution in [0.3, 0.4) is 0 Å². The number of aromatic nitrogens is 6. The molecule has 6 heterocycles. The van der Waals surface area contributed by atoms with Crippen LogP contribution in [-0.2, 0) is 35.3 Å². The largest absolute Gasteiger partial charge is 0.353 e. The molecule has 2 aromatic carbocycles. The van der Waals surface area contributed by atoms with E-state index in [9.17, 15) is 9.59 Å². The summed E-state index contributed by atoms with van der Waals surface area (Å²) in [6.07, 6.45) is 14.7. The molecule has 0 bridgehead atoms. The summed E-state index contributed by atoms with van der Waals surface area (Å²) < 4.78 is 0. The van der Waals surface area contributed by atoms with Crippen molar-refractivity contribution in [3.63, 3.8) is 0 Å². The van der Waals surface area contributed by atoms with Crippen LogP contribution in [0.1, 0.15) is 122 Å². The molecule has 10 rings (SSSR count). The maximum absolute atomic E-state index is 13.4. The lowest BCUT2D eigenvalue weighted by atomic mass is 9.76. The zero-order chi connectivity index (χ0) is 45.6. The molecule has 12 nitrogen and oxygen atoms in total. The number of carbonyl (C=O) groups excluding carboxylic acids is 2. The lowest BCUT2D eigenvalue weighted by molar-refractivity contribution is -0.124. The standard InChI is InChI=1S/C27H37N5O.C26H35N5O/c1-5-24(32-13-7-6-8-14-32)26(33)31(4)19-10-9-18-15-22(28-21(18)16-19)25-20-11-12-27(2,3)17-23(20)29-30-25;1-17(31-12-6-5-7-13-31)25(32)30(4)19-9-8-18-14-22(27-21(18)15-19)24-20-10-11-26(2,3)16-23(20)28-29-24/h9-10,15-16,24,28H,5-8,11-14,17H2,1-4H3,(H,29,30);8-9,14-15,17,27H,5-7,10-13,16H2,1-4H3,(H,28,29). The van der Waals surface area contributed by atoms with Crippen molar-refractivity contribution in [2.75, 3.05) is 50.1 Å². The van der Waals surface area contributed by atoms with Crippen molar-refractivity contribution in [3.05, 3.63) is 71.0 Å². The van der Waals surface area contributed by atoms with Crippen molar-refractivity contribution in [3.8, 4) is 22.8 Å². The molecule has 2 aliphatic heterocycles. The number of nitrogens with one attached hydrogen (secondary N) is 4. The van der Waals surface area contributed by atoms with Gasteiger partial charge in [-0.2, -0.15) is 10.2 Å². The van der Waals surface area contributed by atoms with E-state index in [2.05, 4.69) is 117 Å². The van der Waals surface area contributed by atoms with Gasteiger partial charge in [0.05, 0.1) is 23.5 Å². The minimum atomic E-state index is -0.0879. The first kappa shape index (κ1) is 45.0. The number of amides is 2. The highest BCUT2D eigenvalue weighted by atomic mass is 16.2. The molecule has 2 aliphatic carbocycles. The number of likely N-dealkylation sites (tertiary alicyclic amines) is 2. The molecule has 4 aromatic heterocycles. The highest BCUT2D eigenvalue weighted by molar-refractivity contribution is 6.00. The molecule has 6 aromatic rings. The van der Waals surface area contributed by atoms with E-state index in [4.69, 9.17) is 0 Å². The molecule has 4 N–H and O–H groups in total. The molecule has 2 atom stereocenters. The number of hydrogen-bond acceptors (Lipinski definition) is 6. The average Bonchev–Trinajstić information content (AvgIpc) is 4.12. The Morgan fingerprint density at radius 1 is 0.646 bits per heavy atom. The van der Waals surface area contributed by atoms with Crippen LogP contribution in [0.4, 0.5) is 11.4 Å². The number of fused-ring (bicyclic) bond motifs is 4. The third-order valence-corrected chi connectivity index (χ3v) is 15.3. The molecule has 2 unspecified atom stereocenters. The summed E-state index contributed by atoms with van der Waals surface area (Å²) in [6, 6.07) is 16.7. The molecule has 0 radical (unpaired) electrons. The molecule has 4 aliphatic rings. The Bertz CT molecular complexity index is 2650. The SMILES string of the molecule is CC(C(=O)N(C)c1ccc2cc(-c3n[nH]c4c3CCC(C)(C)C4)[nH]c2c1)N1CCCCC1.CCC(C(=O)N(C)c1ccc2cc(-c3n[nH]c4c3CCC(C)(C)C4)[nH]c2c1)N1CCCCC1. The van der Waals surface area contributed by atoms with Gasteiger partial charge in [0.15, 0.2) is 0 Å². The fourth-order valence-electron chi connectivity index (χ4n) is 11.1. The van der Waals surface area contributed by atoms with Crippen molar-refractivity contribution in [1.29, 1.82) is 0 Å². The van der Waals surface area contributed by atoms with Crippen LogP contribution < -0.4 is 9.80 Å². The van der Waals surface area contributed by atoms with Gasteiger partial charge in [-0.15, -0.1) is 0 Å². The number of piperidine rings is 2. The predicted molar refractivity (Wildman–Crippen MR) is 265 cm³/mol. The topological polar surface area (TPSA) is 136 Å². The van der Waals surface area contributed by atoms with Crippen LogP contribution in [0.15, 0.2) is 48.5 Å². The van der Waals surface area contributed by atoms with E-state index in [1.54, 1.807) is 4.90 Å². The first-order chi connectivity index (χ1) is 31.2. The zero-order valence-corrected chi connectivity index (χ0v) is 40.3. The van der Waals surface area contributed by atoms with Gasteiger partial charge in [-0.05, 0) is 151 Å². The fourth-order valence-corrected chi connectivity index (χ4v) is 11.1. The smallest absolute Gasteiger partial charge is 0.244 e. The number of aromatic amines is 4. The molecular formula is C53H72N10O2. The van der Waals surface area contributed by atoms with Gasteiger partial charge in [0.25, 0.3) is 0 Å². The van der Waals surface area contributed by atoms with Gasteiger partial charge in [0, 0.05) is 69.8 Å². The van der Waals surface area contributed by atoms with Crippen molar-refractivity contribution >= 4 is 45.0 Å². The number of likely N-dealkylation sites (N-methyl/N-ethyl adjacent to an activating group) is 2. The first-order valence-electron chi connectivity index (χ1n) is 24.6. The number of hydrogen-bond donors (Lipinski definition) is 4. The van der Waals surface area contributed by atoms with Crippen LogP contribution in [-0.4, -0.2) is 104 Å². The second kappa shape index (κ2) is 18.2. The molecule has 0 spiro atoms. The second-order valence-electron chi connectivity index (χ2n) is 21.2. The molecule has 346 valence electrons. The number of carbonyl (C=O) groups is 2. The molecule has 2 amide bonds.